The van der Waals surface area contributed by atoms with Gasteiger partial charge in [-0.25, -0.2) is 0 Å². The van der Waals surface area contributed by atoms with Gasteiger partial charge < -0.3 is 9.38 Å². The Balaban J connectivity index is 0.000000171. The van der Waals surface area contributed by atoms with Crippen LogP contribution in [-0.2, 0) is 0 Å². The Kier molecular flexibility index (Phi) is 7.14. The first-order valence-corrected chi connectivity index (χ1v) is 7.76. The maximum absolute atomic E-state index is 2.54. The molecule has 17 heavy (non-hydrogen) atoms. The molecule has 2 heteroatoms. The minimum atomic E-state index is 1.32. The molecule has 0 aliphatic carbocycles. The lowest BCUT2D eigenvalue weighted by molar-refractivity contribution is -0.897. The molecule has 2 aliphatic heterocycles. The van der Waals surface area contributed by atoms with Crippen LogP contribution in [0, 0.1) is 0 Å². The molecule has 0 aromatic heterocycles. The van der Waals surface area contributed by atoms with Crippen LogP contribution >= 0.6 is 0 Å². The number of quaternary nitrogens is 1. The molecule has 0 atom stereocenters. The van der Waals surface area contributed by atoms with Crippen molar-refractivity contribution in [2.75, 3.05) is 46.3 Å². The molecule has 2 saturated heterocycles. The minimum Gasteiger partial charge on any atom is -0.326 e. The summed E-state index contributed by atoms with van der Waals surface area (Å²) in [7, 11) is 2.39. The summed E-state index contributed by atoms with van der Waals surface area (Å²) in [6, 6.07) is 0. The van der Waals surface area contributed by atoms with Gasteiger partial charge in [0.15, 0.2) is 0 Å². The maximum Gasteiger partial charge on any atom is 0.0786 e. The Morgan fingerprint density at radius 3 is 1.94 bits per heavy atom. The molecule has 0 unspecified atom stereocenters. The third-order valence-corrected chi connectivity index (χ3v) is 4.15. The van der Waals surface area contributed by atoms with E-state index < -0.39 is 0 Å². The second-order valence-electron chi connectivity index (χ2n) is 6.05. The maximum atomic E-state index is 2.54. The topological polar surface area (TPSA) is 3.24 Å². The van der Waals surface area contributed by atoms with Gasteiger partial charge in [-0.05, 0) is 45.3 Å². The predicted molar refractivity (Wildman–Crippen MR) is 76.3 cm³/mol. The van der Waals surface area contributed by atoms with E-state index in [2.05, 4.69) is 25.8 Å². The highest BCUT2D eigenvalue weighted by Crippen LogP contribution is 2.15. The standard InChI is InChI=1S/C8H18N.C7H15N/c1-3-6-9(2)7-4-5-8-9;1-2-5-8-6-3-4-7-8/h3-8H2,1-2H3;2-7H2,1H3/q+1;. The molecule has 2 aliphatic rings. The van der Waals surface area contributed by atoms with Crippen LogP contribution in [0.1, 0.15) is 52.4 Å². The number of hydrogen-bond acceptors (Lipinski definition) is 1. The summed E-state index contributed by atoms with van der Waals surface area (Å²) < 4.78 is 1.34. The Bertz CT molecular complexity index is 179. The average molecular weight is 241 g/mol. The third kappa shape index (κ3) is 5.87. The molecule has 0 bridgehead atoms. The van der Waals surface area contributed by atoms with Crippen molar-refractivity contribution in [2.45, 2.75) is 52.4 Å². The molecule has 2 rings (SSSR count). The highest BCUT2D eigenvalue weighted by molar-refractivity contribution is 4.64. The SMILES string of the molecule is CCCN1CCCC1.CCC[N+]1(C)CCCC1. The van der Waals surface area contributed by atoms with Crippen molar-refractivity contribution in [3.05, 3.63) is 0 Å². The zero-order valence-corrected chi connectivity index (χ0v) is 12.4. The molecular formula is C15H33N2+. The van der Waals surface area contributed by atoms with Crippen molar-refractivity contribution in [1.82, 2.24) is 4.90 Å². The van der Waals surface area contributed by atoms with Gasteiger partial charge in [0.1, 0.15) is 0 Å². The fourth-order valence-corrected chi connectivity index (χ4v) is 3.18. The van der Waals surface area contributed by atoms with Crippen LogP contribution in [0.15, 0.2) is 0 Å². The van der Waals surface area contributed by atoms with E-state index in [4.69, 9.17) is 0 Å². The number of hydrogen-bond donors (Lipinski definition) is 0. The van der Waals surface area contributed by atoms with E-state index in [1.165, 1.54) is 82.3 Å². The van der Waals surface area contributed by atoms with Crippen LogP contribution in [-0.4, -0.2) is 55.7 Å². The van der Waals surface area contributed by atoms with Gasteiger partial charge in [-0.1, -0.05) is 13.8 Å². The number of rotatable bonds is 4. The minimum absolute atomic E-state index is 1.32. The molecule has 0 saturated carbocycles. The molecule has 0 radical (unpaired) electrons. The Morgan fingerprint density at radius 2 is 1.47 bits per heavy atom. The lowest BCUT2D eigenvalue weighted by atomic mass is 10.4. The molecule has 2 nitrogen and oxygen atoms in total. The largest absolute Gasteiger partial charge is 0.326 e. The summed E-state index contributed by atoms with van der Waals surface area (Å²) in [6.07, 6.45) is 8.43. The monoisotopic (exact) mass is 241 g/mol. The van der Waals surface area contributed by atoms with Crippen molar-refractivity contribution in [3.8, 4) is 0 Å². The Morgan fingerprint density at radius 1 is 0.882 bits per heavy atom. The summed E-state index contributed by atoms with van der Waals surface area (Å²) in [5.41, 5.74) is 0. The van der Waals surface area contributed by atoms with Gasteiger partial charge in [0.25, 0.3) is 0 Å². The van der Waals surface area contributed by atoms with Crippen molar-refractivity contribution in [3.63, 3.8) is 0 Å². The number of nitrogens with zero attached hydrogens (tertiary/aromatic N) is 2. The average Bonchev–Trinajstić information content (AvgIpc) is 2.92. The van der Waals surface area contributed by atoms with Crippen molar-refractivity contribution in [1.29, 1.82) is 0 Å². The van der Waals surface area contributed by atoms with E-state index in [1.807, 2.05) is 0 Å². The van der Waals surface area contributed by atoms with E-state index in [-0.39, 0.29) is 0 Å². The van der Waals surface area contributed by atoms with Crippen molar-refractivity contribution in [2.24, 2.45) is 0 Å². The normalized spacial score (nSPS) is 23.5. The lowest BCUT2D eigenvalue weighted by Gasteiger charge is -2.28. The fourth-order valence-electron chi connectivity index (χ4n) is 3.18. The first-order valence-electron chi connectivity index (χ1n) is 7.76. The summed E-state index contributed by atoms with van der Waals surface area (Å²) in [6.45, 7) is 12.8. The van der Waals surface area contributed by atoms with E-state index >= 15 is 0 Å². The van der Waals surface area contributed by atoms with Gasteiger partial charge in [0, 0.05) is 12.8 Å². The zero-order valence-electron chi connectivity index (χ0n) is 12.4. The van der Waals surface area contributed by atoms with Gasteiger partial charge in [-0.2, -0.15) is 0 Å². The van der Waals surface area contributed by atoms with Crippen LogP contribution in [0.5, 0.6) is 0 Å². The molecule has 2 heterocycles. The molecule has 2 fully saturated rings. The molecule has 0 N–H and O–H groups in total. The van der Waals surface area contributed by atoms with E-state index in [1.54, 1.807) is 0 Å². The first-order chi connectivity index (χ1) is 8.20. The molecule has 102 valence electrons. The van der Waals surface area contributed by atoms with E-state index in [0.717, 1.165) is 0 Å². The van der Waals surface area contributed by atoms with Crippen LogP contribution in [0.3, 0.4) is 0 Å². The summed E-state index contributed by atoms with van der Waals surface area (Å²) >= 11 is 0. The summed E-state index contributed by atoms with van der Waals surface area (Å²) in [4.78, 5) is 2.54. The first kappa shape index (κ1) is 15.0. The second kappa shape index (κ2) is 8.10. The van der Waals surface area contributed by atoms with Crippen molar-refractivity contribution >= 4 is 0 Å². The molecular weight excluding hydrogens is 208 g/mol. The second-order valence-corrected chi connectivity index (χ2v) is 6.05. The van der Waals surface area contributed by atoms with Crippen molar-refractivity contribution < 1.29 is 4.48 Å². The van der Waals surface area contributed by atoms with Gasteiger partial charge in [-0.15, -0.1) is 0 Å². The summed E-state index contributed by atoms with van der Waals surface area (Å²) in [5.74, 6) is 0. The molecule has 0 spiro atoms. The Labute approximate surface area is 109 Å². The highest BCUT2D eigenvalue weighted by Gasteiger charge is 2.24. The Hall–Kier alpha value is -0.0800. The van der Waals surface area contributed by atoms with Gasteiger partial charge in [0.2, 0.25) is 0 Å². The molecule has 0 amide bonds. The van der Waals surface area contributed by atoms with Crippen LogP contribution in [0.2, 0.25) is 0 Å². The zero-order chi connectivity index (χ0) is 12.6. The third-order valence-electron chi connectivity index (χ3n) is 4.15. The van der Waals surface area contributed by atoms with Crippen LogP contribution in [0.25, 0.3) is 0 Å². The fraction of sp³-hybridized carbons (Fsp3) is 1.00. The number of likely N-dealkylation sites (tertiary alicyclic amines) is 2. The highest BCUT2D eigenvalue weighted by atomic mass is 15.3. The lowest BCUT2D eigenvalue weighted by Crippen LogP contribution is -2.41. The van der Waals surface area contributed by atoms with Gasteiger partial charge in [-0.3, -0.25) is 0 Å². The molecule has 0 aromatic carbocycles. The smallest absolute Gasteiger partial charge is 0.0786 e. The van der Waals surface area contributed by atoms with E-state index in [0.29, 0.717) is 0 Å². The van der Waals surface area contributed by atoms with Gasteiger partial charge in [0.05, 0.1) is 26.7 Å². The molecule has 0 aromatic rings. The summed E-state index contributed by atoms with van der Waals surface area (Å²) in [5, 5.41) is 0. The van der Waals surface area contributed by atoms with Crippen LogP contribution < -0.4 is 0 Å². The van der Waals surface area contributed by atoms with E-state index in [9.17, 15) is 0 Å². The predicted octanol–water partition coefficient (Wildman–Crippen LogP) is 3.13. The van der Waals surface area contributed by atoms with Crippen LogP contribution in [0.4, 0.5) is 0 Å². The quantitative estimate of drug-likeness (QED) is 0.684. The van der Waals surface area contributed by atoms with Gasteiger partial charge >= 0.3 is 0 Å².